The number of amides is 1. The molecule has 0 saturated heterocycles. The number of rotatable bonds is 3. The van der Waals surface area contributed by atoms with Crippen LogP contribution in [0, 0.1) is 6.92 Å². The fourth-order valence-electron chi connectivity index (χ4n) is 1.73. The topological polar surface area (TPSA) is 71.0 Å². The van der Waals surface area contributed by atoms with E-state index in [0.29, 0.717) is 5.84 Å². The number of hydrazine groups is 1. The molecule has 1 aliphatic rings. The average Bonchev–Trinajstić information content (AvgIpc) is 2.41. The van der Waals surface area contributed by atoms with Crippen LogP contribution >= 0.6 is 0 Å². The molecule has 0 unspecified atom stereocenters. The Kier molecular flexibility index (Phi) is 3.79. The normalized spacial score (nSPS) is 14.7. The third-order valence-electron chi connectivity index (χ3n) is 2.72. The van der Waals surface area contributed by atoms with Crippen molar-refractivity contribution in [2.75, 3.05) is 20.2 Å². The molecule has 0 aliphatic carbocycles. The van der Waals surface area contributed by atoms with Crippen LogP contribution in [0.15, 0.2) is 29.3 Å². The number of amidine groups is 1. The molecule has 0 radical (unpaired) electrons. The molecule has 1 N–H and O–H groups in total. The molecular formula is C13H15N3O3. The van der Waals surface area contributed by atoms with Gasteiger partial charge in [-0.15, -0.1) is 0 Å². The smallest absolute Gasteiger partial charge is 0.327 e. The van der Waals surface area contributed by atoms with Crippen LogP contribution in [-0.4, -0.2) is 42.9 Å². The predicted molar refractivity (Wildman–Crippen MR) is 69.4 cm³/mol. The van der Waals surface area contributed by atoms with Gasteiger partial charge in [-0.25, -0.2) is 5.01 Å². The van der Waals surface area contributed by atoms with Crippen LogP contribution in [-0.2, 0) is 14.3 Å². The van der Waals surface area contributed by atoms with E-state index in [0.717, 1.165) is 11.1 Å². The molecule has 0 bridgehead atoms. The van der Waals surface area contributed by atoms with Crippen LogP contribution in [0.25, 0.3) is 0 Å². The van der Waals surface area contributed by atoms with Gasteiger partial charge in [-0.05, 0) is 13.0 Å². The predicted octanol–water partition coefficient (Wildman–Crippen LogP) is 0.261. The Hall–Kier alpha value is -2.37. The summed E-state index contributed by atoms with van der Waals surface area (Å²) in [6.45, 7) is 1.86. The van der Waals surface area contributed by atoms with Gasteiger partial charge >= 0.3 is 5.97 Å². The monoisotopic (exact) mass is 261 g/mol. The molecule has 1 amide bonds. The van der Waals surface area contributed by atoms with Crippen LogP contribution in [0.4, 0.5) is 0 Å². The quantitative estimate of drug-likeness (QED) is 0.792. The van der Waals surface area contributed by atoms with Crippen LogP contribution in [0.3, 0.4) is 0 Å². The number of methoxy groups -OCH3 is 1. The van der Waals surface area contributed by atoms with Crippen molar-refractivity contribution in [1.82, 2.24) is 10.4 Å². The summed E-state index contributed by atoms with van der Waals surface area (Å²) < 4.78 is 4.55. The van der Waals surface area contributed by atoms with E-state index in [9.17, 15) is 9.59 Å². The summed E-state index contributed by atoms with van der Waals surface area (Å²) in [6.07, 6.45) is 0. The number of aliphatic imine (C=N–C) groups is 1. The molecule has 19 heavy (non-hydrogen) atoms. The van der Waals surface area contributed by atoms with E-state index in [1.165, 1.54) is 12.1 Å². The number of nitrogens with one attached hydrogen (secondary N) is 1. The van der Waals surface area contributed by atoms with Crippen molar-refractivity contribution >= 4 is 17.7 Å². The van der Waals surface area contributed by atoms with Gasteiger partial charge in [0.1, 0.15) is 18.9 Å². The van der Waals surface area contributed by atoms with Crippen molar-refractivity contribution in [2.45, 2.75) is 6.92 Å². The maximum Gasteiger partial charge on any atom is 0.327 e. The van der Waals surface area contributed by atoms with Gasteiger partial charge in [0, 0.05) is 5.56 Å². The first-order valence-electron chi connectivity index (χ1n) is 5.85. The first-order valence-corrected chi connectivity index (χ1v) is 5.85. The number of nitrogens with zero attached hydrogens (tertiary/aromatic N) is 2. The average molecular weight is 261 g/mol. The number of hydrogen-bond donors (Lipinski definition) is 1. The van der Waals surface area contributed by atoms with Crippen LogP contribution in [0.1, 0.15) is 11.1 Å². The van der Waals surface area contributed by atoms with Crippen molar-refractivity contribution in [3.8, 4) is 0 Å². The number of aryl methyl sites for hydroxylation is 1. The lowest BCUT2D eigenvalue weighted by Gasteiger charge is -2.27. The van der Waals surface area contributed by atoms with Crippen molar-refractivity contribution in [1.29, 1.82) is 0 Å². The number of carbonyl (C=O) groups is 2. The summed E-state index contributed by atoms with van der Waals surface area (Å²) in [5.74, 6) is -0.166. The van der Waals surface area contributed by atoms with E-state index in [2.05, 4.69) is 15.2 Å². The van der Waals surface area contributed by atoms with Crippen LogP contribution in [0.5, 0.6) is 0 Å². The minimum absolute atomic E-state index is 0.0211. The highest BCUT2D eigenvalue weighted by Gasteiger charge is 2.23. The van der Waals surface area contributed by atoms with E-state index in [1.807, 2.05) is 31.2 Å². The fraction of sp³-hybridized carbons (Fsp3) is 0.308. The van der Waals surface area contributed by atoms with Gasteiger partial charge < -0.3 is 4.74 Å². The molecule has 1 heterocycles. The van der Waals surface area contributed by atoms with E-state index in [4.69, 9.17) is 0 Å². The van der Waals surface area contributed by atoms with Gasteiger partial charge in [-0.3, -0.25) is 20.0 Å². The highest BCUT2D eigenvalue weighted by molar-refractivity contribution is 6.03. The largest absolute Gasteiger partial charge is 0.468 e. The maximum absolute atomic E-state index is 11.6. The zero-order chi connectivity index (χ0) is 13.8. The third-order valence-corrected chi connectivity index (χ3v) is 2.72. The number of esters is 1. The lowest BCUT2D eigenvalue weighted by Crippen LogP contribution is -2.53. The summed E-state index contributed by atoms with van der Waals surface area (Å²) in [5, 5.41) is 1.22. The Balaban J connectivity index is 2.16. The molecule has 0 fully saturated rings. The van der Waals surface area contributed by atoms with Gasteiger partial charge in [-0.2, -0.15) is 0 Å². The molecule has 2 rings (SSSR count). The molecule has 0 aromatic heterocycles. The van der Waals surface area contributed by atoms with Crippen molar-refractivity contribution < 1.29 is 14.3 Å². The summed E-state index contributed by atoms with van der Waals surface area (Å²) >= 11 is 0. The van der Waals surface area contributed by atoms with Crippen LogP contribution in [0.2, 0.25) is 0 Å². The van der Waals surface area contributed by atoms with Gasteiger partial charge in [-0.1, -0.05) is 23.8 Å². The van der Waals surface area contributed by atoms with Gasteiger partial charge in [0.25, 0.3) is 5.91 Å². The maximum atomic E-state index is 11.6. The summed E-state index contributed by atoms with van der Waals surface area (Å²) in [4.78, 5) is 27.0. The minimum atomic E-state index is -0.480. The Morgan fingerprint density at radius 3 is 3.00 bits per heavy atom. The second kappa shape index (κ2) is 5.51. The molecule has 1 aromatic carbocycles. The molecule has 0 spiro atoms. The van der Waals surface area contributed by atoms with E-state index in [-0.39, 0.29) is 19.0 Å². The third kappa shape index (κ3) is 3.09. The van der Waals surface area contributed by atoms with E-state index in [1.54, 1.807) is 0 Å². The van der Waals surface area contributed by atoms with E-state index < -0.39 is 5.97 Å². The van der Waals surface area contributed by atoms with Gasteiger partial charge in [0.05, 0.1) is 7.11 Å². The Bertz CT molecular complexity index is 540. The Morgan fingerprint density at radius 1 is 1.53 bits per heavy atom. The SMILES string of the molecule is COC(=O)CN1NC(c2cccc(C)c2)=NCC1=O. The summed E-state index contributed by atoms with van der Waals surface area (Å²) in [6, 6.07) is 7.74. The van der Waals surface area contributed by atoms with Crippen molar-refractivity contribution in [3.63, 3.8) is 0 Å². The summed E-state index contributed by atoms with van der Waals surface area (Å²) in [7, 11) is 1.28. The van der Waals surface area contributed by atoms with Crippen molar-refractivity contribution in [3.05, 3.63) is 35.4 Å². The van der Waals surface area contributed by atoms with Gasteiger partial charge in [0.15, 0.2) is 0 Å². The molecule has 0 saturated carbocycles. The number of carbonyl (C=O) groups excluding carboxylic acids is 2. The van der Waals surface area contributed by atoms with Crippen molar-refractivity contribution in [2.24, 2.45) is 4.99 Å². The second-order valence-electron chi connectivity index (χ2n) is 4.20. The minimum Gasteiger partial charge on any atom is -0.468 e. The highest BCUT2D eigenvalue weighted by atomic mass is 16.5. The molecule has 1 aliphatic heterocycles. The highest BCUT2D eigenvalue weighted by Crippen LogP contribution is 2.07. The second-order valence-corrected chi connectivity index (χ2v) is 4.20. The zero-order valence-electron chi connectivity index (χ0n) is 10.8. The number of ether oxygens (including phenoxy) is 1. The molecule has 6 heteroatoms. The fourth-order valence-corrected chi connectivity index (χ4v) is 1.73. The Morgan fingerprint density at radius 2 is 2.32 bits per heavy atom. The molecular weight excluding hydrogens is 246 g/mol. The molecule has 100 valence electrons. The number of benzene rings is 1. The lowest BCUT2D eigenvalue weighted by molar-refractivity contribution is -0.148. The molecule has 1 aromatic rings. The zero-order valence-corrected chi connectivity index (χ0v) is 10.8. The lowest BCUT2D eigenvalue weighted by atomic mass is 10.1. The Labute approximate surface area is 111 Å². The molecule has 0 atom stereocenters. The number of hydrogen-bond acceptors (Lipinski definition) is 5. The first-order chi connectivity index (χ1) is 9.10. The standard InChI is InChI=1S/C13H15N3O3/c1-9-4-3-5-10(6-9)13-14-7-11(17)16(15-13)8-12(18)19-2/h3-6H,7-8H2,1-2H3,(H,14,15). The van der Waals surface area contributed by atoms with Gasteiger partial charge in [0.2, 0.25) is 0 Å². The molecule has 6 nitrogen and oxygen atoms in total. The first kappa shape index (κ1) is 13.1. The summed E-state index contributed by atoms with van der Waals surface area (Å²) in [5.41, 5.74) is 4.82. The van der Waals surface area contributed by atoms with E-state index >= 15 is 0 Å². The van der Waals surface area contributed by atoms with Crippen LogP contribution < -0.4 is 5.43 Å².